The first-order valence-corrected chi connectivity index (χ1v) is 6.26. The molecule has 4 nitrogen and oxygen atoms in total. The fourth-order valence-electron chi connectivity index (χ4n) is 2.61. The van der Waals surface area contributed by atoms with Crippen molar-refractivity contribution in [1.82, 2.24) is 4.90 Å². The van der Waals surface area contributed by atoms with Crippen molar-refractivity contribution in [3.63, 3.8) is 0 Å². The van der Waals surface area contributed by atoms with Crippen LogP contribution in [0.2, 0.25) is 0 Å². The van der Waals surface area contributed by atoms with Crippen LogP contribution in [0.5, 0.6) is 0 Å². The minimum absolute atomic E-state index is 0.0447. The van der Waals surface area contributed by atoms with E-state index < -0.39 is 5.60 Å². The lowest BCUT2D eigenvalue weighted by Crippen LogP contribution is -2.45. The monoisotopic (exact) mass is 243 g/mol. The first kappa shape index (κ1) is 14.5. The highest BCUT2D eigenvalue weighted by Gasteiger charge is 2.43. The Morgan fingerprint density at radius 3 is 2.18 bits per heavy atom. The number of nitrogens with zero attached hydrogens (tertiary/aromatic N) is 1. The molecule has 0 aromatic heterocycles. The highest BCUT2D eigenvalue weighted by atomic mass is 16.5. The normalized spacial score (nSPS) is 33.8. The maximum absolute atomic E-state index is 12.3. The van der Waals surface area contributed by atoms with Crippen LogP contribution in [0.25, 0.3) is 0 Å². The summed E-state index contributed by atoms with van der Waals surface area (Å²) in [6.45, 7) is 9.75. The van der Waals surface area contributed by atoms with Crippen molar-refractivity contribution in [1.29, 1.82) is 0 Å². The maximum Gasteiger partial charge on any atom is 0.228 e. The minimum Gasteiger partial charge on any atom is -0.389 e. The number of aliphatic hydroxyl groups is 1. The predicted molar refractivity (Wildman–Crippen MR) is 66.6 cm³/mol. The van der Waals surface area contributed by atoms with E-state index in [1.807, 2.05) is 13.8 Å². The van der Waals surface area contributed by atoms with Crippen molar-refractivity contribution in [2.45, 2.75) is 52.4 Å². The average molecular weight is 243 g/mol. The van der Waals surface area contributed by atoms with E-state index in [0.717, 1.165) is 0 Å². The molecular formula is C13H25NO3. The summed E-state index contributed by atoms with van der Waals surface area (Å²) < 4.78 is 5.68. The molecule has 0 spiro atoms. The molecule has 0 aromatic rings. The van der Waals surface area contributed by atoms with Gasteiger partial charge in [0.2, 0.25) is 5.91 Å². The van der Waals surface area contributed by atoms with Gasteiger partial charge in [0.1, 0.15) is 0 Å². The third kappa shape index (κ3) is 3.42. The first-order chi connectivity index (χ1) is 7.63. The lowest BCUT2D eigenvalue weighted by molar-refractivity contribution is -0.139. The largest absolute Gasteiger partial charge is 0.389 e. The zero-order chi connectivity index (χ0) is 13.4. The van der Waals surface area contributed by atoms with Gasteiger partial charge in [0.05, 0.1) is 23.7 Å². The number of rotatable bonds is 3. The molecule has 1 heterocycles. The maximum atomic E-state index is 12.3. The molecule has 1 aliphatic rings. The van der Waals surface area contributed by atoms with Crippen molar-refractivity contribution in [3.05, 3.63) is 0 Å². The zero-order valence-electron chi connectivity index (χ0n) is 11.7. The Labute approximate surface area is 104 Å². The van der Waals surface area contributed by atoms with Crippen LogP contribution in [-0.4, -0.2) is 47.3 Å². The molecular weight excluding hydrogens is 218 g/mol. The summed E-state index contributed by atoms with van der Waals surface area (Å²) in [5, 5.41) is 9.74. The van der Waals surface area contributed by atoms with E-state index in [4.69, 9.17) is 4.74 Å². The molecule has 0 bridgehead atoms. The first-order valence-electron chi connectivity index (χ1n) is 6.26. The van der Waals surface area contributed by atoms with Gasteiger partial charge in [-0.15, -0.1) is 0 Å². The third-order valence-electron chi connectivity index (χ3n) is 3.53. The number of carbonyl (C=O) groups is 1. The van der Waals surface area contributed by atoms with Gasteiger partial charge in [-0.2, -0.15) is 0 Å². The van der Waals surface area contributed by atoms with Gasteiger partial charge >= 0.3 is 0 Å². The zero-order valence-corrected chi connectivity index (χ0v) is 11.7. The number of hydrogen-bond donors (Lipinski definition) is 1. The molecule has 1 N–H and O–H groups in total. The topological polar surface area (TPSA) is 49.8 Å². The predicted octanol–water partition coefficient (Wildman–Crippen LogP) is 1.28. The van der Waals surface area contributed by atoms with Crippen LogP contribution in [0.4, 0.5) is 0 Å². The third-order valence-corrected chi connectivity index (χ3v) is 3.53. The van der Waals surface area contributed by atoms with E-state index in [1.165, 1.54) is 0 Å². The second-order valence-corrected chi connectivity index (χ2v) is 5.94. The highest BCUT2D eigenvalue weighted by Crippen LogP contribution is 2.33. The van der Waals surface area contributed by atoms with Gasteiger partial charge in [0.25, 0.3) is 0 Å². The minimum atomic E-state index is -0.859. The van der Waals surface area contributed by atoms with Gasteiger partial charge in [0, 0.05) is 13.6 Å². The highest BCUT2D eigenvalue weighted by molar-refractivity contribution is 5.80. The van der Waals surface area contributed by atoms with Gasteiger partial charge in [-0.05, 0) is 33.6 Å². The van der Waals surface area contributed by atoms with E-state index in [9.17, 15) is 9.90 Å². The Morgan fingerprint density at radius 2 is 1.82 bits per heavy atom. The van der Waals surface area contributed by atoms with Crippen LogP contribution in [0.3, 0.4) is 0 Å². The van der Waals surface area contributed by atoms with Crippen molar-refractivity contribution in [3.8, 4) is 0 Å². The standard InChI is InChI=1S/C13H25NO3/c1-8-9(2)17-10(3)11(8)12(15)14(6)7-13(4,5)16/h8-11,16H,7H2,1-6H3. The van der Waals surface area contributed by atoms with Crippen LogP contribution in [-0.2, 0) is 9.53 Å². The van der Waals surface area contributed by atoms with E-state index in [2.05, 4.69) is 6.92 Å². The molecule has 100 valence electrons. The molecule has 0 aromatic carbocycles. The summed E-state index contributed by atoms with van der Waals surface area (Å²) in [6, 6.07) is 0. The Kier molecular flexibility index (Phi) is 4.20. The summed E-state index contributed by atoms with van der Waals surface area (Å²) in [5.74, 6) is 0.190. The van der Waals surface area contributed by atoms with Crippen molar-refractivity contribution in [2.75, 3.05) is 13.6 Å². The Morgan fingerprint density at radius 1 is 1.29 bits per heavy atom. The summed E-state index contributed by atoms with van der Waals surface area (Å²) in [6.07, 6.45) is 0.0752. The second-order valence-electron chi connectivity index (χ2n) is 5.94. The molecule has 4 heteroatoms. The molecule has 1 rings (SSSR count). The van der Waals surface area contributed by atoms with E-state index >= 15 is 0 Å². The van der Waals surface area contributed by atoms with Crippen molar-refractivity contribution in [2.24, 2.45) is 11.8 Å². The van der Waals surface area contributed by atoms with Crippen LogP contribution in [0.1, 0.15) is 34.6 Å². The summed E-state index contributed by atoms with van der Waals surface area (Å²) >= 11 is 0. The SMILES string of the molecule is CC1OC(C)C(C(=O)N(C)CC(C)(C)O)C1C. The quantitative estimate of drug-likeness (QED) is 0.812. The Bertz CT molecular complexity index is 285. The summed E-state index contributed by atoms with van der Waals surface area (Å²) in [5.41, 5.74) is -0.859. The molecule has 0 radical (unpaired) electrons. The fourth-order valence-corrected chi connectivity index (χ4v) is 2.61. The van der Waals surface area contributed by atoms with Gasteiger partial charge in [-0.25, -0.2) is 0 Å². The Hall–Kier alpha value is -0.610. The summed E-state index contributed by atoms with van der Waals surface area (Å²) in [7, 11) is 1.74. The molecule has 1 amide bonds. The lowest BCUT2D eigenvalue weighted by Gasteiger charge is -2.29. The number of carbonyl (C=O) groups excluding carboxylic acids is 1. The lowest BCUT2D eigenvalue weighted by atomic mass is 9.88. The number of likely N-dealkylation sites (N-methyl/N-ethyl adjacent to an activating group) is 1. The average Bonchev–Trinajstić information content (AvgIpc) is 2.37. The molecule has 0 saturated carbocycles. The molecule has 1 saturated heterocycles. The van der Waals surface area contributed by atoms with Crippen LogP contribution < -0.4 is 0 Å². The van der Waals surface area contributed by atoms with Crippen molar-refractivity contribution < 1.29 is 14.6 Å². The van der Waals surface area contributed by atoms with E-state index in [0.29, 0.717) is 6.54 Å². The van der Waals surface area contributed by atoms with Crippen LogP contribution >= 0.6 is 0 Å². The summed E-state index contributed by atoms with van der Waals surface area (Å²) in [4.78, 5) is 13.9. The molecule has 4 atom stereocenters. The van der Waals surface area contributed by atoms with Gasteiger partial charge in [-0.3, -0.25) is 4.79 Å². The van der Waals surface area contributed by atoms with Crippen molar-refractivity contribution >= 4 is 5.91 Å². The molecule has 0 aliphatic carbocycles. The second kappa shape index (κ2) is 4.94. The van der Waals surface area contributed by atoms with Crippen LogP contribution in [0.15, 0.2) is 0 Å². The smallest absolute Gasteiger partial charge is 0.228 e. The molecule has 17 heavy (non-hydrogen) atoms. The van der Waals surface area contributed by atoms with Gasteiger partial charge < -0.3 is 14.7 Å². The number of ether oxygens (including phenoxy) is 1. The fraction of sp³-hybridized carbons (Fsp3) is 0.923. The van der Waals surface area contributed by atoms with Gasteiger partial charge in [-0.1, -0.05) is 6.92 Å². The van der Waals surface area contributed by atoms with E-state index in [1.54, 1.807) is 25.8 Å². The Balaban J connectivity index is 2.70. The van der Waals surface area contributed by atoms with E-state index in [-0.39, 0.29) is 30.0 Å². The van der Waals surface area contributed by atoms with Gasteiger partial charge in [0.15, 0.2) is 0 Å². The molecule has 1 aliphatic heterocycles. The number of hydrogen-bond acceptors (Lipinski definition) is 3. The molecule has 4 unspecified atom stereocenters. The van der Waals surface area contributed by atoms with Crippen LogP contribution in [0, 0.1) is 11.8 Å². The number of amides is 1. The molecule has 1 fully saturated rings.